The second-order valence-electron chi connectivity index (χ2n) is 0.253. The zero-order valence-corrected chi connectivity index (χ0v) is 2.75. The Hall–Kier alpha value is -0.840. The molecule has 6 N–H and O–H groups in total. The van der Waals surface area contributed by atoms with Crippen LogP contribution in [0.2, 0.25) is 0 Å². The predicted molar refractivity (Wildman–Crippen MR) is 13.2 cm³/mol. The Morgan fingerprint density at radius 2 is 1.40 bits per heavy atom. The highest BCUT2D eigenvalue weighted by molar-refractivity contribution is 3.56. The fourth-order valence-corrected chi connectivity index (χ4v) is 0. The van der Waals surface area contributed by atoms with Gasteiger partial charge in [-0.05, 0) is 0 Å². The molecule has 0 bridgehead atoms. The van der Waals surface area contributed by atoms with Gasteiger partial charge in [0.2, 0.25) is 0 Å². The highest BCUT2D eigenvalue weighted by Gasteiger charge is 1.78. The Morgan fingerprint density at radius 1 is 1.40 bits per heavy atom. The first kappa shape index (κ1) is 8.90. The van der Waals surface area contributed by atoms with Gasteiger partial charge in [-0.2, -0.15) is 0 Å². The molecular weight excluding hydrogens is 76.0 g/mol. The summed E-state index contributed by atoms with van der Waals surface area (Å²) in [5, 5.41) is 12.5. The van der Waals surface area contributed by atoms with Crippen LogP contribution in [-0.4, -0.2) is 15.5 Å². The van der Waals surface area contributed by atoms with Gasteiger partial charge < -0.3 is 6.15 Å². The predicted octanol–water partition coefficient (Wildman–Crippen LogP) is -0.0801. The molecule has 0 unspecified atom stereocenters. The topological polar surface area (TPSA) is 97.0 Å². The third-order valence-electron chi connectivity index (χ3n) is 0. The fourth-order valence-electron chi connectivity index (χ4n) is 0. The first-order valence-corrected chi connectivity index (χ1v) is 0.583. The first-order chi connectivity index (χ1) is 1.73. The summed E-state index contributed by atoms with van der Waals surface area (Å²) < 4.78 is 0. The second kappa shape index (κ2) is 3.16. The smallest absolute Gasteiger partial charge is 0.369 e. The molecule has 32 valence electrons. The quantitative estimate of drug-likeness (QED) is 0.356. The highest BCUT2D eigenvalue weighted by Crippen LogP contribution is 1.31. The van der Waals surface area contributed by atoms with Crippen molar-refractivity contribution in [2.24, 2.45) is 0 Å². The van der Waals surface area contributed by atoms with Crippen LogP contribution in [0, 0.1) is 4.91 Å². The van der Waals surface area contributed by atoms with Crippen molar-refractivity contribution in [3.8, 4) is 0 Å². The Kier molecular flexibility index (Phi) is 5.63. The maximum absolute atomic E-state index is 8.47. The Bertz CT molecular complexity index is 27.9. The van der Waals surface area contributed by atoms with E-state index in [-0.39, 0.29) is 6.15 Å². The molecule has 0 aromatic rings. The molecule has 0 rings (SSSR count). The summed E-state index contributed by atoms with van der Waals surface area (Å²) in [4.78, 5) is 8.47. The average Bonchev–Trinajstić information content (AvgIpc) is 0.811. The lowest BCUT2D eigenvalue weighted by Crippen LogP contribution is -1.87. The standard InChI is InChI=1S/H2NO3.H3N/c2-1(3)4;/h(H2,2,3,4);1H3/q+1;/p+1. The molecule has 0 aliphatic heterocycles. The van der Waals surface area contributed by atoms with Gasteiger partial charge in [-0.25, -0.2) is 10.4 Å². The minimum Gasteiger partial charge on any atom is -0.369 e. The molecular formula is H6N2O3+2. The summed E-state index contributed by atoms with van der Waals surface area (Å²) in [5.74, 6) is 0. The third kappa shape index (κ3) is 6.03. The van der Waals surface area contributed by atoms with Crippen LogP contribution < -0.4 is 6.15 Å². The van der Waals surface area contributed by atoms with Gasteiger partial charge in [0, 0.05) is 0 Å². The minimum atomic E-state index is -1.25. The lowest BCUT2D eigenvalue weighted by Gasteiger charge is -1.45. The van der Waals surface area contributed by atoms with E-state index in [2.05, 4.69) is 0 Å². The molecule has 0 amide bonds. The van der Waals surface area contributed by atoms with Gasteiger partial charge in [-0.3, -0.25) is 0 Å². The maximum atomic E-state index is 8.47. The Morgan fingerprint density at radius 3 is 1.40 bits per heavy atom. The molecule has 5 heteroatoms. The van der Waals surface area contributed by atoms with Crippen molar-refractivity contribution in [2.45, 2.75) is 0 Å². The molecule has 0 aliphatic rings. The minimum absolute atomic E-state index is 0. The molecule has 0 radical (unpaired) electrons. The van der Waals surface area contributed by atoms with E-state index < -0.39 is 5.09 Å². The summed E-state index contributed by atoms with van der Waals surface area (Å²) in [7, 11) is 0. The summed E-state index contributed by atoms with van der Waals surface area (Å²) >= 11 is 0. The number of rotatable bonds is 0. The van der Waals surface area contributed by atoms with Crippen LogP contribution >= 0.6 is 0 Å². The largest absolute Gasteiger partial charge is 0.472 e. The fraction of sp³-hybridized carbons (Fsp3) is 0. The van der Waals surface area contributed by atoms with Gasteiger partial charge in [0.05, 0.1) is 0 Å². The molecule has 0 atom stereocenters. The Balaban J connectivity index is 0. The van der Waals surface area contributed by atoms with Crippen molar-refractivity contribution in [3.05, 3.63) is 4.91 Å². The molecule has 0 spiro atoms. The van der Waals surface area contributed by atoms with Crippen LogP contribution in [0.4, 0.5) is 0 Å². The zero-order valence-electron chi connectivity index (χ0n) is 2.75. The number of hydrogen-bond acceptors (Lipinski definition) is 1. The normalized spacial score (nSPS) is 4.80. The monoisotopic (exact) mass is 82.0 g/mol. The average molecular weight is 82.1 g/mol. The van der Waals surface area contributed by atoms with E-state index >= 15 is 0 Å². The van der Waals surface area contributed by atoms with Gasteiger partial charge >= 0.3 is 5.09 Å². The van der Waals surface area contributed by atoms with Crippen molar-refractivity contribution in [2.75, 3.05) is 0 Å². The van der Waals surface area contributed by atoms with Gasteiger partial charge in [0.15, 0.2) is 0 Å². The zero-order chi connectivity index (χ0) is 3.58. The van der Waals surface area contributed by atoms with Crippen LogP contribution in [0.3, 0.4) is 0 Å². The van der Waals surface area contributed by atoms with Gasteiger partial charge in [-0.15, -0.1) is 0 Å². The van der Waals surface area contributed by atoms with Crippen molar-refractivity contribution >= 4 is 0 Å². The van der Waals surface area contributed by atoms with E-state index in [1.165, 1.54) is 0 Å². The van der Waals surface area contributed by atoms with E-state index in [4.69, 9.17) is 15.3 Å². The lowest BCUT2D eigenvalue weighted by atomic mass is 13.1. The van der Waals surface area contributed by atoms with E-state index in [9.17, 15) is 0 Å². The summed E-state index contributed by atoms with van der Waals surface area (Å²) in [6.45, 7) is 0. The van der Waals surface area contributed by atoms with E-state index in [0.29, 0.717) is 0 Å². The van der Waals surface area contributed by atoms with Crippen molar-refractivity contribution in [3.63, 3.8) is 0 Å². The molecule has 0 saturated carbocycles. The number of nitrogens with zero attached hydrogens (tertiary/aromatic N) is 1. The van der Waals surface area contributed by atoms with Crippen LogP contribution in [0.25, 0.3) is 0 Å². The van der Waals surface area contributed by atoms with Gasteiger partial charge in [-0.1, -0.05) is 0 Å². The van der Waals surface area contributed by atoms with E-state index in [1.54, 1.807) is 0 Å². The number of quaternary nitrogens is 1. The van der Waals surface area contributed by atoms with Crippen LogP contribution in [0.1, 0.15) is 0 Å². The summed E-state index contributed by atoms with van der Waals surface area (Å²) in [6, 6.07) is 0. The Labute approximate surface area is 27.9 Å². The van der Waals surface area contributed by atoms with Crippen molar-refractivity contribution < 1.29 is 15.5 Å². The molecule has 0 fully saturated rings. The third-order valence-corrected chi connectivity index (χ3v) is 0. The SMILES string of the molecule is O=[N+](O)O.[NH4+]. The molecule has 5 heavy (non-hydrogen) atoms. The molecule has 0 saturated heterocycles. The van der Waals surface area contributed by atoms with Gasteiger partial charge in [0.25, 0.3) is 0 Å². The lowest BCUT2D eigenvalue weighted by molar-refractivity contribution is -0.969. The first-order valence-electron chi connectivity index (χ1n) is 0.583. The molecule has 5 nitrogen and oxygen atoms in total. The highest BCUT2D eigenvalue weighted by atomic mass is 16.9. The van der Waals surface area contributed by atoms with Crippen LogP contribution in [0.5, 0.6) is 0 Å². The summed E-state index contributed by atoms with van der Waals surface area (Å²) in [6.07, 6.45) is 0. The molecule has 0 aromatic heterocycles. The van der Waals surface area contributed by atoms with Crippen molar-refractivity contribution in [1.82, 2.24) is 6.15 Å². The number of hydrogen-bond donors (Lipinski definition) is 3. The summed E-state index contributed by atoms with van der Waals surface area (Å²) in [5.41, 5.74) is 0. The van der Waals surface area contributed by atoms with Gasteiger partial charge in [0.1, 0.15) is 4.91 Å². The van der Waals surface area contributed by atoms with Crippen LogP contribution in [-0.2, 0) is 0 Å². The maximum Gasteiger partial charge on any atom is 0.472 e. The van der Waals surface area contributed by atoms with Crippen LogP contribution in [0.15, 0.2) is 0 Å². The van der Waals surface area contributed by atoms with E-state index in [0.717, 1.165) is 0 Å². The molecule has 0 aromatic carbocycles. The molecule has 0 aliphatic carbocycles. The second-order valence-corrected chi connectivity index (χ2v) is 0.253. The van der Waals surface area contributed by atoms with Crippen molar-refractivity contribution in [1.29, 1.82) is 0 Å². The van der Waals surface area contributed by atoms with E-state index in [1.807, 2.05) is 0 Å². The molecule has 0 heterocycles.